The molecule has 20 heavy (non-hydrogen) atoms. The summed E-state index contributed by atoms with van der Waals surface area (Å²) in [5.41, 5.74) is 2.79. The molecule has 1 nitrogen and oxygen atoms in total. The van der Waals surface area contributed by atoms with E-state index in [1.165, 1.54) is 5.56 Å². The van der Waals surface area contributed by atoms with Crippen molar-refractivity contribution in [1.29, 1.82) is 0 Å². The van der Waals surface area contributed by atoms with Gasteiger partial charge in [-0.3, -0.25) is 0 Å². The molecule has 0 aliphatic carbocycles. The van der Waals surface area contributed by atoms with Crippen LogP contribution in [0.5, 0.6) is 0 Å². The summed E-state index contributed by atoms with van der Waals surface area (Å²) in [4.78, 5) is 0. The highest BCUT2D eigenvalue weighted by molar-refractivity contribution is 5.28. The molecule has 106 valence electrons. The number of halogens is 1. The van der Waals surface area contributed by atoms with Gasteiger partial charge in [-0.25, -0.2) is 4.39 Å². The second-order valence-electron chi connectivity index (χ2n) is 5.11. The Morgan fingerprint density at radius 2 is 1.80 bits per heavy atom. The molecule has 0 amide bonds. The van der Waals surface area contributed by atoms with Crippen molar-refractivity contribution in [2.24, 2.45) is 0 Å². The molecule has 0 saturated heterocycles. The van der Waals surface area contributed by atoms with Gasteiger partial charge in [0.05, 0.1) is 0 Å². The summed E-state index contributed by atoms with van der Waals surface area (Å²) < 4.78 is 14.3. The molecule has 0 aromatic heterocycles. The standard InChI is InChI=1S/C18H22FN/c1-3-20-17(13-12-15-9-5-4-6-10-15)16-11-7-8-14(2)18(16)19/h4-11,17,20H,3,12-13H2,1-2H3. The lowest BCUT2D eigenvalue weighted by Gasteiger charge is -2.20. The van der Waals surface area contributed by atoms with Crippen LogP contribution in [0.2, 0.25) is 0 Å². The zero-order valence-electron chi connectivity index (χ0n) is 12.2. The van der Waals surface area contributed by atoms with Gasteiger partial charge in [-0.2, -0.15) is 0 Å². The Balaban J connectivity index is 2.12. The van der Waals surface area contributed by atoms with E-state index >= 15 is 0 Å². The van der Waals surface area contributed by atoms with Gasteiger partial charge in [-0.1, -0.05) is 55.5 Å². The average Bonchev–Trinajstić information content (AvgIpc) is 2.48. The van der Waals surface area contributed by atoms with Gasteiger partial charge >= 0.3 is 0 Å². The molecule has 0 fully saturated rings. The molecule has 0 bridgehead atoms. The van der Waals surface area contributed by atoms with Gasteiger partial charge in [0.15, 0.2) is 0 Å². The van der Waals surface area contributed by atoms with Crippen LogP contribution in [0.3, 0.4) is 0 Å². The molecule has 2 rings (SSSR count). The fourth-order valence-corrected chi connectivity index (χ4v) is 2.51. The number of hydrogen-bond donors (Lipinski definition) is 1. The van der Waals surface area contributed by atoms with Crippen LogP contribution < -0.4 is 5.32 Å². The van der Waals surface area contributed by atoms with Gasteiger partial charge in [-0.15, -0.1) is 0 Å². The van der Waals surface area contributed by atoms with Gasteiger partial charge in [0, 0.05) is 11.6 Å². The Labute approximate surface area is 120 Å². The average molecular weight is 271 g/mol. The minimum Gasteiger partial charge on any atom is -0.310 e. The van der Waals surface area contributed by atoms with E-state index in [0.717, 1.165) is 24.9 Å². The smallest absolute Gasteiger partial charge is 0.130 e. The Morgan fingerprint density at radius 3 is 2.50 bits per heavy atom. The molecule has 1 atom stereocenters. The van der Waals surface area contributed by atoms with Crippen LogP contribution in [0.25, 0.3) is 0 Å². The quantitative estimate of drug-likeness (QED) is 0.820. The highest BCUT2D eigenvalue weighted by Gasteiger charge is 2.15. The SMILES string of the molecule is CCNC(CCc1ccccc1)c1cccc(C)c1F. The first-order valence-electron chi connectivity index (χ1n) is 7.24. The monoisotopic (exact) mass is 271 g/mol. The predicted molar refractivity (Wildman–Crippen MR) is 82.3 cm³/mol. The summed E-state index contributed by atoms with van der Waals surface area (Å²) in [5, 5.41) is 3.40. The second-order valence-corrected chi connectivity index (χ2v) is 5.11. The van der Waals surface area contributed by atoms with Gasteiger partial charge in [0.1, 0.15) is 5.82 Å². The van der Waals surface area contributed by atoms with Crippen LogP contribution in [-0.2, 0) is 6.42 Å². The minimum atomic E-state index is -0.0773. The molecule has 2 aromatic carbocycles. The van der Waals surface area contributed by atoms with E-state index in [-0.39, 0.29) is 11.9 Å². The maximum Gasteiger partial charge on any atom is 0.130 e. The summed E-state index contributed by atoms with van der Waals surface area (Å²) in [6.07, 6.45) is 1.85. The van der Waals surface area contributed by atoms with Crippen molar-refractivity contribution in [1.82, 2.24) is 5.32 Å². The van der Waals surface area contributed by atoms with Crippen molar-refractivity contribution in [3.05, 3.63) is 71.0 Å². The molecule has 0 spiro atoms. The summed E-state index contributed by atoms with van der Waals surface area (Å²) >= 11 is 0. The van der Waals surface area contributed by atoms with Crippen LogP contribution in [0.1, 0.15) is 36.1 Å². The summed E-state index contributed by atoms with van der Waals surface area (Å²) in [7, 11) is 0. The van der Waals surface area contributed by atoms with Crippen LogP contribution in [0, 0.1) is 12.7 Å². The van der Waals surface area contributed by atoms with Crippen LogP contribution in [0.4, 0.5) is 4.39 Å². The van der Waals surface area contributed by atoms with E-state index in [0.29, 0.717) is 5.56 Å². The van der Waals surface area contributed by atoms with Crippen LogP contribution in [-0.4, -0.2) is 6.54 Å². The number of nitrogens with one attached hydrogen (secondary N) is 1. The molecule has 2 heteroatoms. The summed E-state index contributed by atoms with van der Waals surface area (Å²) in [6.45, 7) is 4.72. The molecule has 1 unspecified atom stereocenters. The molecular formula is C18H22FN. The van der Waals surface area contributed by atoms with Gasteiger partial charge in [0.2, 0.25) is 0 Å². The number of benzene rings is 2. The zero-order valence-corrected chi connectivity index (χ0v) is 12.2. The topological polar surface area (TPSA) is 12.0 Å². The minimum absolute atomic E-state index is 0.0695. The first kappa shape index (κ1) is 14.7. The molecule has 0 radical (unpaired) electrons. The van der Waals surface area contributed by atoms with Crippen molar-refractivity contribution < 1.29 is 4.39 Å². The second kappa shape index (κ2) is 7.20. The first-order valence-corrected chi connectivity index (χ1v) is 7.24. The van der Waals surface area contributed by atoms with Crippen molar-refractivity contribution >= 4 is 0 Å². The summed E-state index contributed by atoms with van der Waals surface area (Å²) in [6, 6.07) is 16.1. The van der Waals surface area contributed by atoms with Crippen molar-refractivity contribution in [3.8, 4) is 0 Å². The van der Waals surface area contributed by atoms with E-state index < -0.39 is 0 Å². The predicted octanol–water partition coefficient (Wildman–Crippen LogP) is 4.42. The van der Waals surface area contributed by atoms with Gasteiger partial charge in [0.25, 0.3) is 0 Å². The third kappa shape index (κ3) is 3.67. The molecule has 2 aromatic rings. The number of hydrogen-bond acceptors (Lipinski definition) is 1. The molecule has 0 heterocycles. The molecular weight excluding hydrogens is 249 g/mol. The Bertz CT molecular complexity index is 536. The van der Waals surface area contributed by atoms with E-state index in [9.17, 15) is 4.39 Å². The Morgan fingerprint density at radius 1 is 1.05 bits per heavy atom. The largest absolute Gasteiger partial charge is 0.310 e. The van der Waals surface area contributed by atoms with E-state index in [1.807, 2.05) is 43.3 Å². The van der Waals surface area contributed by atoms with Crippen molar-refractivity contribution in [2.75, 3.05) is 6.54 Å². The maximum atomic E-state index is 14.3. The van der Waals surface area contributed by atoms with Gasteiger partial charge in [-0.05, 0) is 37.4 Å². The first-order chi connectivity index (χ1) is 9.72. The molecule has 0 aliphatic rings. The Kier molecular flexibility index (Phi) is 5.31. The van der Waals surface area contributed by atoms with Crippen LogP contribution >= 0.6 is 0 Å². The fraction of sp³-hybridized carbons (Fsp3) is 0.333. The highest BCUT2D eigenvalue weighted by Crippen LogP contribution is 2.23. The van der Waals surface area contributed by atoms with Crippen molar-refractivity contribution in [3.63, 3.8) is 0 Å². The van der Waals surface area contributed by atoms with E-state index in [4.69, 9.17) is 0 Å². The third-order valence-corrected chi connectivity index (χ3v) is 3.61. The highest BCUT2D eigenvalue weighted by atomic mass is 19.1. The number of rotatable bonds is 6. The summed E-state index contributed by atoms with van der Waals surface area (Å²) in [5.74, 6) is -0.0773. The Hall–Kier alpha value is -1.67. The molecule has 0 aliphatic heterocycles. The van der Waals surface area contributed by atoms with Crippen LogP contribution in [0.15, 0.2) is 48.5 Å². The molecule has 1 N–H and O–H groups in total. The number of aryl methyl sites for hydroxylation is 2. The van der Waals surface area contributed by atoms with E-state index in [1.54, 1.807) is 0 Å². The third-order valence-electron chi connectivity index (χ3n) is 3.61. The molecule has 0 saturated carbocycles. The van der Waals surface area contributed by atoms with Gasteiger partial charge < -0.3 is 5.32 Å². The fourth-order valence-electron chi connectivity index (χ4n) is 2.51. The zero-order chi connectivity index (χ0) is 14.4. The van der Waals surface area contributed by atoms with Crippen molar-refractivity contribution in [2.45, 2.75) is 32.7 Å². The normalized spacial score (nSPS) is 12.3. The lowest BCUT2D eigenvalue weighted by Crippen LogP contribution is -2.22. The van der Waals surface area contributed by atoms with E-state index in [2.05, 4.69) is 24.4 Å². The lowest BCUT2D eigenvalue weighted by molar-refractivity contribution is 0.483. The lowest BCUT2D eigenvalue weighted by atomic mass is 9.97. The maximum absolute atomic E-state index is 14.3.